The number of aromatic nitrogens is 3. The summed E-state index contributed by atoms with van der Waals surface area (Å²) < 4.78 is 6.97. The van der Waals surface area contributed by atoms with Crippen molar-refractivity contribution in [1.82, 2.24) is 14.8 Å². The van der Waals surface area contributed by atoms with Crippen LogP contribution in [0.2, 0.25) is 0 Å². The van der Waals surface area contributed by atoms with Crippen LogP contribution < -0.4 is 5.84 Å². The van der Waals surface area contributed by atoms with Gasteiger partial charge in [-0.2, -0.15) is 0 Å². The number of nitrogen functional groups attached to an aromatic ring is 1. The van der Waals surface area contributed by atoms with E-state index >= 15 is 0 Å². The fraction of sp³-hybridized carbons (Fsp3) is 0.0526. The van der Waals surface area contributed by atoms with Gasteiger partial charge in [0.25, 0.3) is 0 Å². The SMILES string of the molecule is Nn1cc(-c2ccccc2)nc1SCc1cc(-c2ccccc2)no1. The lowest BCUT2D eigenvalue weighted by molar-refractivity contribution is 0.397. The molecular formula is C19H16N4OS. The summed E-state index contributed by atoms with van der Waals surface area (Å²) in [4.78, 5) is 4.60. The fourth-order valence-electron chi connectivity index (χ4n) is 2.49. The first-order chi connectivity index (χ1) is 12.3. The van der Waals surface area contributed by atoms with Crippen molar-refractivity contribution >= 4 is 11.8 Å². The molecule has 2 aromatic heterocycles. The number of nitrogens with two attached hydrogens (primary N) is 1. The number of thioether (sulfide) groups is 1. The van der Waals surface area contributed by atoms with Crippen molar-refractivity contribution in [2.24, 2.45) is 0 Å². The largest absolute Gasteiger partial charge is 0.360 e. The zero-order valence-electron chi connectivity index (χ0n) is 13.4. The molecule has 4 aromatic rings. The van der Waals surface area contributed by atoms with Gasteiger partial charge in [0.1, 0.15) is 11.5 Å². The molecule has 4 rings (SSSR count). The second kappa shape index (κ2) is 6.86. The Labute approximate surface area is 149 Å². The number of imidazole rings is 1. The molecule has 0 aliphatic rings. The van der Waals surface area contributed by atoms with Gasteiger partial charge in [-0.25, -0.2) is 9.66 Å². The molecule has 0 saturated heterocycles. The Bertz CT molecular complexity index is 964. The Morgan fingerprint density at radius 2 is 1.56 bits per heavy atom. The van der Waals surface area contributed by atoms with Crippen LogP contribution in [-0.2, 0) is 5.75 Å². The molecule has 2 N–H and O–H groups in total. The van der Waals surface area contributed by atoms with Gasteiger partial charge in [0.2, 0.25) is 0 Å². The summed E-state index contributed by atoms with van der Waals surface area (Å²) in [5.74, 6) is 7.42. The van der Waals surface area contributed by atoms with Gasteiger partial charge < -0.3 is 10.4 Å². The number of rotatable bonds is 5. The third kappa shape index (κ3) is 3.44. The molecule has 5 nitrogen and oxygen atoms in total. The third-order valence-electron chi connectivity index (χ3n) is 3.74. The van der Waals surface area contributed by atoms with E-state index in [0.29, 0.717) is 5.75 Å². The zero-order chi connectivity index (χ0) is 17.1. The van der Waals surface area contributed by atoms with Crippen LogP contribution >= 0.6 is 11.8 Å². The topological polar surface area (TPSA) is 69.9 Å². The highest BCUT2D eigenvalue weighted by atomic mass is 32.2. The van der Waals surface area contributed by atoms with Crippen molar-refractivity contribution in [3.05, 3.63) is 78.7 Å². The minimum atomic E-state index is 0.613. The van der Waals surface area contributed by atoms with Crippen LogP contribution in [0.1, 0.15) is 5.76 Å². The van der Waals surface area contributed by atoms with Gasteiger partial charge in [-0.1, -0.05) is 77.6 Å². The first kappa shape index (κ1) is 15.5. The van der Waals surface area contributed by atoms with E-state index in [1.165, 1.54) is 11.8 Å². The molecule has 124 valence electrons. The van der Waals surface area contributed by atoms with Gasteiger partial charge in [-0.15, -0.1) is 0 Å². The molecule has 0 unspecified atom stereocenters. The average molecular weight is 348 g/mol. The summed E-state index contributed by atoms with van der Waals surface area (Å²) in [6, 6.07) is 21.9. The highest BCUT2D eigenvalue weighted by Crippen LogP contribution is 2.27. The van der Waals surface area contributed by atoms with Gasteiger partial charge in [0.15, 0.2) is 5.16 Å². The molecule has 0 saturated carbocycles. The standard InChI is InChI=1S/C19H16N4OS/c20-23-12-18(15-9-5-2-6-10-15)21-19(23)25-13-16-11-17(22-24-16)14-7-3-1-4-8-14/h1-12H,13,20H2. The maximum atomic E-state index is 6.03. The molecule has 0 fully saturated rings. The normalized spacial score (nSPS) is 10.9. The third-order valence-corrected chi connectivity index (χ3v) is 4.73. The molecule has 0 bridgehead atoms. The van der Waals surface area contributed by atoms with Gasteiger partial charge in [-0.3, -0.25) is 0 Å². The van der Waals surface area contributed by atoms with E-state index in [1.807, 2.05) is 72.9 Å². The zero-order valence-corrected chi connectivity index (χ0v) is 14.2. The first-order valence-electron chi connectivity index (χ1n) is 7.83. The van der Waals surface area contributed by atoms with Gasteiger partial charge in [0.05, 0.1) is 17.6 Å². The minimum Gasteiger partial charge on any atom is -0.360 e. The Kier molecular flexibility index (Phi) is 4.26. The molecule has 0 spiro atoms. The monoisotopic (exact) mass is 348 g/mol. The van der Waals surface area contributed by atoms with Crippen LogP contribution in [0, 0.1) is 0 Å². The summed E-state index contributed by atoms with van der Waals surface area (Å²) in [7, 11) is 0. The Morgan fingerprint density at radius 3 is 2.24 bits per heavy atom. The van der Waals surface area contributed by atoms with Crippen LogP contribution in [0.5, 0.6) is 0 Å². The van der Waals surface area contributed by atoms with Crippen molar-refractivity contribution in [2.45, 2.75) is 10.9 Å². The van der Waals surface area contributed by atoms with Gasteiger partial charge >= 0.3 is 0 Å². The van der Waals surface area contributed by atoms with E-state index in [9.17, 15) is 0 Å². The maximum absolute atomic E-state index is 6.03. The summed E-state index contributed by atoms with van der Waals surface area (Å²) in [5.41, 5.74) is 3.76. The number of nitrogens with zero attached hydrogens (tertiary/aromatic N) is 3. The van der Waals surface area contributed by atoms with E-state index in [4.69, 9.17) is 10.4 Å². The van der Waals surface area contributed by atoms with Crippen LogP contribution in [0.4, 0.5) is 0 Å². The Morgan fingerprint density at radius 1 is 0.920 bits per heavy atom. The van der Waals surface area contributed by atoms with Crippen LogP contribution in [0.15, 0.2) is 82.6 Å². The molecule has 0 aliphatic carbocycles. The predicted octanol–water partition coefficient (Wildman–Crippen LogP) is 4.21. The van der Waals surface area contributed by atoms with Crippen molar-refractivity contribution in [2.75, 3.05) is 5.84 Å². The van der Waals surface area contributed by atoms with Crippen LogP contribution in [0.25, 0.3) is 22.5 Å². The van der Waals surface area contributed by atoms with E-state index in [0.717, 1.165) is 33.4 Å². The van der Waals surface area contributed by atoms with Gasteiger partial charge in [0, 0.05) is 17.2 Å². The predicted molar refractivity (Wildman–Crippen MR) is 99.3 cm³/mol. The molecule has 2 aromatic carbocycles. The Hall–Kier alpha value is -2.99. The molecule has 2 heterocycles. The summed E-state index contributed by atoms with van der Waals surface area (Å²) in [5, 5.41) is 4.86. The first-order valence-corrected chi connectivity index (χ1v) is 8.82. The van der Waals surface area contributed by atoms with Crippen LogP contribution in [-0.4, -0.2) is 14.8 Å². The van der Waals surface area contributed by atoms with Crippen LogP contribution in [0.3, 0.4) is 0 Å². The molecule has 0 aliphatic heterocycles. The van der Waals surface area contributed by atoms with E-state index in [-0.39, 0.29) is 0 Å². The van der Waals surface area contributed by atoms with Crippen molar-refractivity contribution in [3.8, 4) is 22.5 Å². The quantitative estimate of drug-likeness (QED) is 0.432. The molecule has 0 atom stereocenters. The van der Waals surface area contributed by atoms with E-state index in [1.54, 1.807) is 4.68 Å². The lowest BCUT2D eigenvalue weighted by atomic mass is 10.1. The number of hydrogen-bond donors (Lipinski definition) is 1. The molecule has 0 radical (unpaired) electrons. The lowest BCUT2D eigenvalue weighted by Crippen LogP contribution is -2.07. The van der Waals surface area contributed by atoms with Crippen molar-refractivity contribution in [1.29, 1.82) is 0 Å². The fourth-order valence-corrected chi connectivity index (χ4v) is 3.27. The second-order valence-electron chi connectivity index (χ2n) is 5.52. The molecular weight excluding hydrogens is 332 g/mol. The highest BCUT2D eigenvalue weighted by Gasteiger charge is 2.11. The smallest absolute Gasteiger partial charge is 0.187 e. The molecule has 6 heteroatoms. The number of benzene rings is 2. The summed E-state index contributed by atoms with van der Waals surface area (Å²) in [6.07, 6.45) is 1.83. The lowest BCUT2D eigenvalue weighted by Gasteiger charge is -1.97. The molecule has 25 heavy (non-hydrogen) atoms. The van der Waals surface area contributed by atoms with E-state index in [2.05, 4.69) is 10.1 Å². The van der Waals surface area contributed by atoms with Gasteiger partial charge in [-0.05, 0) is 0 Å². The maximum Gasteiger partial charge on any atom is 0.187 e. The Balaban J connectivity index is 1.47. The number of hydrogen-bond acceptors (Lipinski definition) is 5. The average Bonchev–Trinajstić information content (AvgIpc) is 3.28. The second-order valence-corrected chi connectivity index (χ2v) is 6.46. The van der Waals surface area contributed by atoms with E-state index < -0.39 is 0 Å². The van der Waals surface area contributed by atoms with Crippen molar-refractivity contribution in [3.63, 3.8) is 0 Å². The minimum absolute atomic E-state index is 0.613. The van der Waals surface area contributed by atoms with Crippen molar-refractivity contribution < 1.29 is 4.52 Å². The molecule has 0 amide bonds. The summed E-state index contributed by atoms with van der Waals surface area (Å²) >= 11 is 1.52. The summed E-state index contributed by atoms with van der Waals surface area (Å²) in [6.45, 7) is 0. The highest BCUT2D eigenvalue weighted by molar-refractivity contribution is 7.98.